The van der Waals surface area contributed by atoms with E-state index in [4.69, 9.17) is 9.84 Å². The van der Waals surface area contributed by atoms with Gasteiger partial charge in [0, 0.05) is 13.0 Å². The number of hydrogen-bond acceptors (Lipinski definition) is 3. The van der Waals surface area contributed by atoms with Gasteiger partial charge in [0.15, 0.2) is 0 Å². The average Bonchev–Trinajstić information content (AvgIpc) is 3.47. The van der Waals surface area contributed by atoms with Crippen LogP contribution in [-0.2, 0) is 22.6 Å². The van der Waals surface area contributed by atoms with E-state index in [9.17, 15) is 14.0 Å². The molecule has 0 aromatic heterocycles. The topological polar surface area (TPSA) is 75.6 Å². The van der Waals surface area contributed by atoms with E-state index in [1.165, 1.54) is 6.07 Å². The summed E-state index contributed by atoms with van der Waals surface area (Å²) in [6, 6.07) is 13.9. The molecule has 0 bridgehead atoms. The molecule has 2 N–H and O–H groups in total. The summed E-state index contributed by atoms with van der Waals surface area (Å²) < 4.78 is 19.4. The number of carboxylic acid groups (broad SMARTS) is 1. The highest BCUT2D eigenvalue weighted by Crippen LogP contribution is 2.49. The number of aliphatic carboxylic acids is 1. The van der Waals surface area contributed by atoms with E-state index in [2.05, 4.69) is 5.32 Å². The molecule has 3 rings (SSSR count). The zero-order valence-corrected chi connectivity index (χ0v) is 15.6. The molecule has 1 saturated carbocycles. The van der Waals surface area contributed by atoms with E-state index in [0.29, 0.717) is 37.3 Å². The van der Waals surface area contributed by atoms with Gasteiger partial charge in [-0.3, -0.25) is 9.59 Å². The van der Waals surface area contributed by atoms with Crippen LogP contribution in [0.3, 0.4) is 0 Å². The van der Waals surface area contributed by atoms with Gasteiger partial charge in [0.25, 0.3) is 0 Å². The summed E-state index contributed by atoms with van der Waals surface area (Å²) >= 11 is 0. The van der Waals surface area contributed by atoms with Crippen LogP contribution in [0, 0.1) is 11.2 Å². The molecule has 1 fully saturated rings. The first kappa shape index (κ1) is 19.9. The Bertz CT molecular complexity index is 831. The van der Waals surface area contributed by atoms with Gasteiger partial charge in [-0.15, -0.1) is 0 Å². The quantitative estimate of drug-likeness (QED) is 0.612. The summed E-state index contributed by atoms with van der Waals surface area (Å²) in [6.45, 7) is 0.748. The second kappa shape index (κ2) is 8.87. The number of carbonyl (C=O) groups excluding carboxylic acids is 1. The number of rotatable bonds is 10. The number of benzene rings is 2. The maximum atomic E-state index is 13.9. The summed E-state index contributed by atoms with van der Waals surface area (Å²) in [5.74, 6) is -0.470. The molecular formula is C22H24FNO4. The molecule has 0 spiro atoms. The lowest BCUT2D eigenvalue weighted by Gasteiger charge is -2.16. The fourth-order valence-corrected chi connectivity index (χ4v) is 3.13. The summed E-state index contributed by atoms with van der Waals surface area (Å²) in [6.07, 6.45) is 2.51. The predicted octanol–water partition coefficient (Wildman–Crippen LogP) is 3.71. The number of carbonyl (C=O) groups is 2. The van der Waals surface area contributed by atoms with Crippen LogP contribution in [0.25, 0.3) is 0 Å². The standard InChI is InChI=1S/C22H24FNO4/c23-19-5-2-1-4-17(19)14-22(11-12-22)21(27)24-15-16-7-9-18(10-8-16)28-13-3-6-20(25)26/h1-2,4-5,7-10H,3,6,11-15H2,(H,24,27)(H,25,26). The molecule has 2 aromatic rings. The highest BCUT2D eigenvalue weighted by atomic mass is 19.1. The number of halogens is 1. The summed E-state index contributed by atoms with van der Waals surface area (Å²) in [7, 11) is 0. The fourth-order valence-electron chi connectivity index (χ4n) is 3.13. The Morgan fingerprint density at radius 1 is 1.11 bits per heavy atom. The molecule has 28 heavy (non-hydrogen) atoms. The summed E-state index contributed by atoms with van der Waals surface area (Å²) in [5.41, 5.74) is 1.03. The molecule has 0 atom stereocenters. The van der Waals surface area contributed by atoms with Crippen molar-refractivity contribution in [2.45, 2.75) is 38.6 Å². The highest BCUT2D eigenvalue weighted by molar-refractivity contribution is 5.85. The van der Waals surface area contributed by atoms with E-state index in [0.717, 1.165) is 18.4 Å². The molecule has 6 heteroatoms. The van der Waals surface area contributed by atoms with Crippen molar-refractivity contribution >= 4 is 11.9 Å². The minimum absolute atomic E-state index is 0.0373. The van der Waals surface area contributed by atoms with Crippen LogP contribution in [0.15, 0.2) is 48.5 Å². The minimum atomic E-state index is -0.835. The number of hydrogen-bond donors (Lipinski definition) is 2. The van der Waals surface area contributed by atoms with Crippen LogP contribution < -0.4 is 10.1 Å². The van der Waals surface area contributed by atoms with Gasteiger partial charge in [-0.25, -0.2) is 4.39 Å². The first-order valence-electron chi connectivity index (χ1n) is 9.44. The Hall–Kier alpha value is -2.89. The van der Waals surface area contributed by atoms with Crippen LogP contribution in [-0.4, -0.2) is 23.6 Å². The molecule has 2 aromatic carbocycles. The molecule has 5 nitrogen and oxygen atoms in total. The number of carboxylic acids is 1. The lowest BCUT2D eigenvalue weighted by Crippen LogP contribution is -2.33. The molecule has 0 unspecified atom stereocenters. The van der Waals surface area contributed by atoms with E-state index < -0.39 is 11.4 Å². The Morgan fingerprint density at radius 3 is 2.46 bits per heavy atom. The van der Waals surface area contributed by atoms with Crippen molar-refractivity contribution in [3.8, 4) is 5.75 Å². The number of nitrogens with one attached hydrogen (secondary N) is 1. The van der Waals surface area contributed by atoms with Gasteiger partial charge in [-0.1, -0.05) is 30.3 Å². The van der Waals surface area contributed by atoms with E-state index >= 15 is 0 Å². The summed E-state index contributed by atoms with van der Waals surface area (Å²) in [5, 5.41) is 11.6. The van der Waals surface area contributed by atoms with Crippen LogP contribution >= 0.6 is 0 Å². The second-order valence-electron chi connectivity index (χ2n) is 7.22. The zero-order chi connectivity index (χ0) is 20.0. The average molecular weight is 385 g/mol. The molecule has 1 aliphatic rings. The Balaban J connectivity index is 1.46. The van der Waals surface area contributed by atoms with Crippen LogP contribution in [0.5, 0.6) is 5.75 Å². The van der Waals surface area contributed by atoms with E-state index in [-0.39, 0.29) is 18.1 Å². The maximum Gasteiger partial charge on any atom is 0.303 e. The van der Waals surface area contributed by atoms with Crippen LogP contribution in [0.1, 0.15) is 36.8 Å². The Morgan fingerprint density at radius 2 is 1.82 bits per heavy atom. The van der Waals surface area contributed by atoms with Gasteiger partial charge >= 0.3 is 5.97 Å². The Labute approximate surface area is 163 Å². The minimum Gasteiger partial charge on any atom is -0.494 e. The molecule has 0 saturated heterocycles. The lowest BCUT2D eigenvalue weighted by atomic mass is 9.95. The van der Waals surface area contributed by atoms with Gasteiger partial charge in [0.2, 0.25) is 5.91 Å². The Kier molecular flexibility index (Phi) is 6.29. The first-order chi connectivity index (χ1) is 13.5. The second-order valence-corrected chi connectivity index (χ2v) is 7.22. The van der Waals surface area contributed by atoms with Crippen molar-refractivity contribution in [1.29, 1.82) is 0 Å². The van der Waals surface area contributed by atoms with Crippen molar-refractivity contribution in [2.75, 3.05) is 6.61 Å². The highest BCUT2D eigenvalue weighted by Gasteiger charge is 2.49. The SMILES string of the molecule is O=C(O)CCCOc1ccc(CNC(=O)C2(Cc3ccccc3F)CC2)cc1. The molecule has 0 heterocycles. The third-order valence-electron chi connectivity index (χ3n) is 5.00. The van der Waals surface area contributed by atoms with Crippen LogP contribution in [0.4, 0.5) is 4.39 Å². The third kappa shape index (κ3) is 5.31. The van der Waals surface area contributed by atoms with Gasteiger partial charge in [-0.05, 0) is 55.0 Å². The van der Waals surface area contributed by atoms with Gasteiger partial charge < -0.3 is 15.2 Å². The number of ether oxygens (including phenoxy) is 1. The first-order valence-corrected chi connectivity index (χ1v) is 9.44. The smallest absolute Gasteiger partial charge is 0.303 e. The summed E-state index contributed by atoms with van der Waals surface area (Å²) in [4.78, 5) is 23.1. The lowest BCUT2D eigenvalue weighted by molar-refractivity contribution is -0.137. The van der Waals surface area contributed by atoms with Crippen molar-refractivity contribution in [2.24, 2.45) is 5.41 Å². The predicted molar refractivity (Wildman–Crippen MR) is 102 cm³/mol. The maximum absolute atomic E-state index is 13.9. The molecule has 0 radical (unpaired) electrons. The molecule has 148 valence electrons. The van der Waals surface area contributed by atoms with Gasteiger partial charge in [-0.2, -0.15) is 0 Å². The zero-order valence-electron chi connectivity index (χ0n) is 15.6. The van der Waals surface area contributed by atoms with Crippen molar-refractivity contribution in [1.82, 2.24) is 5.32 Å². The van der Waals surface area contributed by atoms with Crippen molar-refractivity contribution < 1.29 is 23.8 Å². The van der Waals surface area contributed by atoms with Crippen molar-refractivity contribution in [3.63, 3.8) is 0 Å². The monoisotopic (exact) mass is 385 g/mol. The molecular weight excluding hydrogens is 361 g/mol. The van der Waals surface area contributed by atoms with Crippen molar-refractivity contribution in [3.05, 3.63) is 65.5 Å². The molecule has 0 aliphatic heterocycles. The fraction of sp³-hybridized carbons (Fsp3) is 0.364. The van der Waals surface area contributed by atoms with Gasteiger partial charge in [0.1, 0.15) is 11.6 Å². The van der Waals surface area contributed by atoms with E-state index in [1.54, 1.807) is 30.3 Å². The van der Waals surface area contributed by atoms with E-state index in [1.807, 2.05) is 12.1 Å². The largest absolute Gasteiger partial charge is 0.494 e. The van der Waals surface area contributed by atoms with Crippen LogP contribution in [0.2, 0.25) is 0 Å². The molecule has 1 amide bonds. The third-order valence-corrected chi connectivity index (χ3v) is 5.00. The number of amides is 1. The van der Waals surface area contributed by atoms with Gasteiger partial charge in [0.05, 0.1) is 12.0 Å². The normalized spacial score (nSPS) is 14.3. The molecule has 1 aliphatic carbocycles.